The van der Waals surface area contributed by atoms with Gasteiger partial charge in [-0.1, -0.05) is 35.4 Å². The van der Waals surface area contributed by atoms with Crippen LogP contribution in [0, 0.1) is 23.3 Å². The second kappa shape index (κ2) is 4.99. The maximum Gasteiger partial charge on any atom is 0.198 e. The fourth-order valence-corrected chi connectivity index (χ4v) is 1.63. The zero-order valence-electron chi connectivity index (χ0n) is 9.24. The van der Waals surface area contributed by atoms with Crippen molar-refractivity contribution in [3.63, 3.8) is 0 Å². The number of benzene rings is 2. The van der Waals surface area contributed by atoms with E-state index in [0.29, 0.717) is 0 Å². The Labute approximate surface area is 104 Å². The summed E-state index contributed by atoms with van der Waals surface area (Å²) < 4.78 is 53.6. The van der Waals surface area contributed by atoms with Crippen LogP contribution in [0.2, 0.25) is 0 Å². The lowest BCUT2D eigenvalue weighted by Crippen LogP contribution is -1.99. The summed E-state index contributed by atoms with van der Waals surface area (Å²) in [6.07, 6.45) is 0. The zero-order chi connectivity index (χ0) is 14.0. The van der Waals surface area contributed by atoms with Crippen molar-refractivity contribution < 1.29 is 17.6 Å². The standard InChI is InChI=1S/C12H5F4N3/c13-8-7(6-4-2-1-3-5-6)12(18-19-17)11(16)10(15)9(8)14/h1-5H. The number of hydrogen-bond donors (Lipinski definition) is 0. The molecule has 0 bridgehead atoms. The molecule has 0 saturated carbocycles. The van der Waals surface area contributed by atoms with Crippen LogP contribution < -0.4 is 0 Å². The molecule has 0 atom stereocenters. The van der Waals surface area contributed by atoms with Crippen molar-refractivity contribution in [3.05, 3.63) is 64.0 Å². The summed E-state index contributed by atoms with van der Waals surface area (Å²) in [5.74, 6) is -7.30. The molecule has 3 nitrogen and oxygen atoms in total. The van der Waals surface area contributed by atoms with Gasteiger partial charge in [0, 0.05) is 10.5 Å². The Morgan fingerprint density at radius 2 is 1.42 bits per heavy atom. The first-order valence-corrected chi connectivity index (χ1v) is 5.04. The molecule has 19 heavy (non-hydrogen) atoms. The van der Waals surface area contributed by atoms with E-state index >= 15 is 0 Å². The molecule has 0 aromatic heterocycles. The van der Waals surface area contributed by atoms with Gasteiger partial charge in [0.2, 0.25) is 0 Å². The van der Waals surface area contributed by atoms with Gasteiger partial charge in [-0.3, -0.25) is 0 Å². The topological polar surface area (TPSA) is 48.8 Å². The molecule has 7 heteroatoms. The molecule has 0 radical (unpaired) electrons. The van der Waals surface area contributed by atoms with E-state index in [-0.39, 0.29) is 5.56 Å². The van der Waals surface area contributed by atoms with Gasteiger partial charge >= 0.3 is 0 Å². The third-order valence-electron chi connectivity index (χ3n) is 2.45. The van der Waals surface area contributed by atoms with Gasteiger partial charge in [-0.15, -0.1) is 0 Å². The fraction of sp³-hybridized carbons (Fsp3) is 0. The van der Waals surface area contributed by atoms with Gasteiger partial charge in [0.05, 0.1) is 5.69 Å². The highest BCUT2D eigenvalue weighted by Crippen LogP contribution is 2.38. The van der Waals surface area contributed by atoms with Gasteiger partial charge in [-0.25, -0.2) is 17.6 Å². The molecule has 0 unspecified atom stereocenters. The number of hydrogen-bond acceptors (Lipinski definition) is 1. The van der Waals surface area contributed by atoms with Crippen molar-refractivity contribution in [2.75, 3.05) is 0 Å². The average molecular weight is 267 g/mol. The van der Waals surface area contributed by atoms with E-state index in [1.807, 2.05) is 0 Å². The SMILES string of the molecule is [N-]=[N+]=Nc1c(F)c(F)c(F)c(F)c1-c1ccccc1. The van der Waals surface area contributed by atoms with Crippen molar-refractivity contribution in [3.8, 4) is 11.1 Å². The Morgan fingerprint density at radius 1 is 0.842 bits per heavy atom. The van der Waals surface area contributed by atoms with E-state index in [0.717, 1.165) is 0 Å². The van der Waals surface area contributed by atoms with Crippen LogP contribution in [0.25, 0.3) is 21.6 Å². The van der Waals surface area contributed by atoms with Gasteiger partial charge in [-0.05, 0) is 11.1 Å². The van der Waals surface area contributed by atoms with Crippen molar-refractivity contribution in [2.45, 2.75) is 0 Å². The molecule has 0 heterocycles. The van der Waals surface area contributed by atoms with Gasteiger partial charge in [-0.2, -0.15) is 0 Å². The predicted molar refractivity (Wildman–Crippen MR) is 60.5 cm³/mol. The molecular formula is C12H5F4N3. The van der Waals surface area contributed by atoms with Crippen LogP contribution >= 0.6 is 0 Å². The first kappa shape index (κ1) is 12.9. The van der Waals surface area contributed by atoms with Crippen LogP contribution in [0.1, 0.15) is 0 Å². The molecule has 0 aliphatic rings. The molecule has 2 aromatic rings. The third-order valence-corrected chi connectivity index (χ3v) is 2.45. The maximum atomic E-state index is 13.7. The lowest BCUT2D eigenvalue weighted by Gasteiger charge is -2.10. The third kappa shape index (κ3) is 2.11. The van der Waals surface area contributed by atoms with Crippen LogP contribution in [0.4, 0.5) is 23.2 Å². The van der Waals surface area contributed by atoms with E-state index in [4.69, 9.17) is 5.53 Å². The van der Waals surface area contributed by atoms with Crippen molar-refractivity contribution in [2.24, 2.45) is 5.11 Å². The zero-order valence-corrected chi connectivity index (χ0v) is 9.24. The van der Waals surface area contributed by atoms with Crippen molar-refractivity contribution in [1.29, 1.82) is 0 Å². The lowest BCUT2D eigenvalue weighted by molar-refractivity contribution is 0.412. The molecule has 0 spiro atoms. The predicted octanol–water partition coefficient (Wildman–Crippen LogP) is 4.85. The second-order valence-corrected chi connectivity index (χ2v) is 3.54. The summed E-state index contributed by atoms with van der Waals surface area (Å²) in [6.45, 7) is 0. The Hall–Kier alpha value is -2.53. The van der Waals surface area contributed by atoms with Gasteiger partial charge in [0.25, 0.3) is 0 Å². The minimum atomic E-state index is -2.01. The van der Waals surface area contributed by atoms with Crippen LogP contribution in [-0.2, 0) is 0 Å². The molecule has 0 aliphatic heterocycles. The van der Waals surface area contributed by atoms with E-state index < -0.39 is 34.5 Å². The highest BCUT2D eigenvalue weighted by atomic mass is 19.2. The molecule has 0 saturated heterocycles. The summed E-state index contributed by atoms with van der Waals surface area (Å²) in [6, 6.07) is 7.30. The van der Waals surface area contributed by atoms with Crippen molar-refractivity contribution >= 4 is 5.69 Å². The normalized spacial score (nSPS) is 10.1. The molecule has 0 amide bonds. The van der Waals surface area contributed by atoms with Crippen LogP contribution in [0.5, 0.6) is 0 Å². The largest absolute Gasteiger partial charge is 0.203 e. The van der Waals surface area contributed by atoms with Crippen LogP contribution in [0.3, 0.4) is 0 Å². The molecule has 0 fully saturated rings. The number of halogens is 4. The van der Waals surface area contributed by atoms with Gasteiger partial charge in [0.15, 0.2) is 23.3 Å². The fourth-order valence-electron chi connectivity index (χ4n) is 1.63. The van der Waals surface area contributed by atoms with E-state index in [2.05, 4.69) is 10.0 Å². The highest BCUT2D eigenvalue weighted by molar-refractivity contribution is 5.77. The monoisotopic (exact) mass is 267 g/mol. The number of rotatable bonds is 2. The Bertz CT molecular complexity index is 679. The Kier molecular flexibility index (Phi) is 3.39. The lowest BCUT2D eigenvalue weighted by atomic mass is 10.0. The van der Waals surface area contributed by atoms with E-state index in [9.17, 15) is 17.6 Å². The number of nitrogens with zero attached hydrogens (tertiary/aromatic N) is 3. The molecular weight excluding hydrogens is 262 g/mol. The summed E-state index contributed by atoms with van der Waals surface area (Å²) in [5.41, 5.74) is 6.86. The summed E-state index contributed by atoms with van der Waals surface area (Å²) in [5, 5.41) is 2.90. The molecule has 2 aromatic carbocycles. The van der Waals surface area contributed by atoms with E-state index in [1.54, 1.807) is 6.07 Å². The highest BCUT2D eigenvalue weighted by Gasteiger charge is 2.25. The van der Waals surface area contributed by atoms with E-state index in [1.165, 1.54) is 24.3 Å². The van der Waals surface area contributed by atoms with Gasteiger partial charge in [0.1, 0.15) is 0 Å². The Morgan fingerprint density at radius 3 is 2.00 bits per heavy atom. The Balaban J connectivity index is 2.90. The van der Waals surface area contributed by atoms with Crippen LogP contribution in [0.15, 0.2) is 35.4 Å². The molecule has 0 N–H and O–H groups in total. The first-order valence-electron chi connectivity index (χ1n) is 5.04. The minimum Gasteiger partial charge on any atom is -0.203 e. The molecule has 0 aliphatic carbocycles. The average Bonchev–Trinajstić information content (AvgIpc) is 2.44. The maximum absolute atomic E-state index is 13.7. The first-order chi connectivity index (χ1) is 9.07. The van der Waals surface area contributed by atoms with Crippen molar-refractivity contribution in [1.82, 2.24) is 0 Å². The smallest absolute Gasteiger partial charge is 0.198 e. The summed E-state index contributed by atoms with van der Waals surface area (Å²) in [4.78, 5) is 2.29. The number of azide groups is 1. The van der Waals surface area contributed by atoms with Crippen LogP contribution in [-0.4, -0.2) is 0 Å². The quantitative estimate of drug-likeness (QED) is 0.186. The summed E-state index contributed by atoms with van der Waals surface area (Å²) in [7, 11) is 0. The second-order valence-electron chi connectivity index (χ2n) is 3.54. The summed E-state index contributed by atoms with van der Waals surface area (Å²) >= 11 is 0. The molecule has 96 valence electrons. The minimum absolute atomic E-state index is 0.0696. The van der Waals surface area contributed by atoms with Gasteiger partial charge < -0.3 is 0 Å². The molecule has 2 rings (SSSR count).